The summed E-state index contributed by atoms with van der Waals surface area (Å²) < 4.78 is 12.1. The molecule has 3 rings (SSSR count). The van der Waals surface area contributed by atoms with Gasteiger partial charge in [0.2, 0.25) is 0 Å². The fourth-order valence-electron chi connectivity index (χ4n) is 3.05. The number of likely N-dealkylation sites (N-methyl/N-ethyl adjacent to an activating group) is 1. The Kier molecular flexibility index (Phi) is 5.11. The van der Waals surface area contributed by atoms with Gasteiger partial charge in [-0.3, -0.25) is 4.98 Å². The van der Waals surface area contributed by atoms with Crippen molar-refractivity contribution < 1.29 is 19.2 Å². The van der Waals surface area contributed by atoms with E-state index >= 15 is 0 Å². The highest BCUT2D eigenvalue weighted by Crippen LogP contribution is 2.33. The average molecular weight is 360 g/mol. The SMILES string of the molecule is CN1CCN(c2cncc3c2cc(OBO)n3C(=O)OC(C)(C)C)CC1. The molecule has 1 saturated heterocycles. The number of nitrogens with zero attached hydrogens (tertiary/aromatic N) is 4. The van der Waals surface area contributed by atoms with Gasteiger partial charge in [0.05, 0.1) is 23.6 Å². The first-order valence-corrected chi connectivity index (χ1v) is 8.70. The van der Waals surface area contributed by atoms with Crippen LogP contribution in [0, 0.1) is 0 Å². The zero-order valence-electron chi connectivity index (χ0n) is 15.7. The first kappa shape index (κ1) is 18.5. The quantitative estimate of drug-likeness (QED) is 0.824. The van der Waals surface area contributed by atoms with Crippen LogP contribution in [0.25, 0.3) is 10.9 Å². The number of anilines is 1. The van der Waals surface area contributed by atoms with E-state index in [-0.39, 0.29) is 5.88 Å². The summed E-state index contributed by atoms with van der Waals surface area (Å²) in [5, 5.41) is 10.1. The molecule has 0 aliphatic carbocycles. The van der Waals surface area contributed by atoms with E-state index in [9.17, 15) is 9.82 Å². The first-order valence-electron chi connectivity index (χ1n) is 8.70. The number of carbonyl (C=O) groups excluding carboxylic acids is 1. The normalized spacial score (nSPS) is 16.0. The highest BCUT2D eigenvalue weighted by Gasteiger charge is 2.25. The summed E-state index contributed by atoms with van der Waals surface area (Å²) in [4.78, 5) is 21.5. The van der Waals surface area contributed by atoms with Gasteiger partial charge in [-0.1, -0.05) is 0 Å². The van der Waals surface area contributed by atoms with Crippen molar-refractivity contribution in [2.75, 3.05) is 38.1 Å². The molecular formula is C17H25BN4O4. The molecule has 1 N–H and O–H groups in total. The first-order chi connectivity index (χ1) is 12.3. The monoisotopic (exact) mass is 360 g/mol. The van der Waals surface area contributed by atoms with E-state index in [0.29, 0.717) is 5.52 Å². The summed E-state index contributed by atoms with van der Waals surface area (Å²) in [5.74, 6) is 0.236. The van der Waals surface area contributed by atoms with Crippen molar-refractivity contribution in [2.45, 2.75) is 26.4 Å². The lowest BCUT2D eigenvalue weighted by Gasteiger charge is -2.34. The summed E-state index contributed by atoms with van der Waals surface area (Å²) >= 11 is 0. The topological polar surface area (TPSA) is 80.1 Å². The summed E-state index contributed by atoms with van der Waals surface area (Å²) in [5.41, 5.74) is 0.895. The Morgan fingerprint density at radius 3 is 2.54 bits per heavy atom. The number of pyridine rings is 1. The summed E-state index contributed by atoms with van der Waals surface area (Å²) in [7, 11) is 1.57. The molecule has 0 bridgehead atoms. The second-order valence-electron chi connectivity index (χ2n) is 7.45. The van der Waals surface area contributed by atoms with Crippen molar-refractivity contribution in [3.63, 3.8) is 0 Å². The van der Waals surface area contributed by atoms with E-state index in [2.05, 4.69) is 21.8 Å². The van der Waals surface area contributed by atoms with Crippen molar-refractivity contribution in [2.24, 2.45) is 0 Å². The molecule has 0 saturated carbocycles. The number of aromatic nitrogens is 2. The van der Waals surface area contributed by atoms with Crippen LogP contribution in [0.15, 0.2) is 18.5 Å². The molecule has 1 aliphatic rings. The molecule has 1 fully saturated rings. The van der Waals surface area contributed by atoms with E-state index in [1.165, 1.54) is 4.57 Å². The number of hydrogen-bond donors (Lipinski definition) is 1. The van der Waals surface area contributed by atoms with Crippen molar-refractivity contribution in [1.29, 1.82) is 0 Å². The van der Waals surface area contributed by atoms with Gasteiger partial charge in [0, 0.05) is 37.6 Å². The molecule has 26 heavy (non-hydrogen) atoms. The third kappa shape index (κ3) is 3.78. The highest BCUT2D eigenvalue weighted by molar-refractivity contribution is 6.17. The Morgan fingerprint density at radius 2 is 1.92 bits per heavy atom. The predicted octanol–water partition coefficient (Wildman–Crippen LogP) is 1.21. The smallest absolute Gasteiger partial charge is 0.505 e. The lowest BCUT2D eigenvalue weighted by atomic mass is 10.2. The van der Waals surface area contributed by atoms with Gasteiger partial charge in [0.25, 0.3) is 0 Å². The largest absolute Gasteiger partial charge is 0.526 e. The van der Waals surface area contributed by atoms with E-state index in [1.807, 2.05) is 0 Å². The van der Waals surface area contributed by atoms with Crippen LogP contribution >= 0.6 is 0 Å². The van der Waals surface area contributed by atoms with E-state index in [0.717, 1.165) is 37.3 Å². The summed E-state index contributed by atoms with van der Waals surface area (Å²) in [6.07, 6.45) is 2.85. The fourth-order valence-corrected chi connectivity index (χ4v) is 3.05. The molecule has 2 aromatic rings. The molecule has 0 unspecified atom stereocenters. The standard InChI is InChI=1S/C17H25BN4O4/c1-17(2,3)25-16(23)22-14-11-19-10-13(12(14)9-15(22)26-18-24)21-7-5-20(4)6-8-21/h9-11,18,24H,5-8H2,1-4H3. The lowest BCUT2D eigenvalue weighted by Crippen LogP contribution is -2.44. The van der Waals surface area contributed by atoms with Gasteiger partial charge in [-0.2, -0.15) is 0 Å². The molecule has 8 nitrogen and oxygen atoms in total. The summed E-state index contributed by atoms with van der Waals surface area (Å²) in [6.45, 7) is 9.09. The van der Waals surface area contributed by atoms with Gasteiger partial charge in [-0.25, -0.2) is 9.36 Å². The fraction of sp³-hybridized carbons (Fsp3) is 0.529. The third-order valence-corrected chi connectivity index (χ3v) is 4.31. The highest BCUT2D eigenvalue weighted by atomic mass is 16.6. The van der Waals surface area contributed by atoms with Crippen LogP contribution in [0.1, 0.15) is 20.8 Å². The molecule has 0 radical (unpaired) electrons. The average Bonchev–Trinajstić information content (AvgIpc) is 2.92. The molecule has 0 aromatic carbocycles. The van der Waals surface area contributed by atoms with Crippen molar-refractivity contribution in [3.8, 4) is 5.88 Å². The molecule has 9 heteroatoms. The predicted molar refractivity (Wildman–Crippen MR) is 101 cm³/mol. The van der Waals surface area contributed by atoms with Gasteiger partial charge in [0.15, 0.2) is 5.88 Å². The van der Waals surface area contributed by atoms with Crippen LogP contribution in [0.2, 0.25) is 0 Å². The number of piperazine rings is 1. The molecular weight excluding hydrogens is 335 g/mol. The molecule has 2 aromatic heterocycles. The van der Waals surface area contributed by atoms with Gasteiger partial charge in [-0.05, 0) is 27.8 Å². The Hall–Kier alpha value is -2.26. The Morgan fingerprint density at radius 1 is 1.23 bits per heavy atom. The van der Waals surface area contributed by atoms with Gasteiger partial charge in [-0.15, -0.1) is 0 Å². The van der Waals surface area contributed by atoms with Crippen LogP contribution in [-0.4, -0.2) is 72.1 Å². The second kappa shape index (κ2) is 7.16. The van der Waals surface area contributed by atoms with Crippen LogP contribution in [0.5, 0.6) is 5.88 Å². The van der Waals surface area contributed by atoms with E-state index < -0.39 is 19.4 Å². The minimum Gasteiger partial charge on any atom is -0.526 e. The Bertz CT molecular complexity index is 794. The summed E-state index contributed by atoms with van der Waals surface area (Å²) in [6, 6.07) is 1.75. The van der Waals surface area contributed by atoms with Crippen LogP contribution < -0.4 is 9.55 Å². The lowest BCUT2D eigenvalue weighted by molar-refractivity contribution is 0.0537. The maximum Gasteiger partial charge on any atom is 0.505 e. The molecule has 0 amide bonds. The molecule has 0 atom stereocenters. The maximum atomic E-state index is 12.7. The molecule has 3 heterocycles. The molecule has 1 aliphatic heterocycles. The minimum atomic E-state index is -0.646. The number of fused-ring (bicyclic) bond motifs is 1. The van der Waals surface area contributed by atoms with Crippen molar-refractivity contribution in [3.05, 3.63) is 18.5 Å². The minimum absolute atomic E-state index is 0.236. The number of rotatable bonds is 3. The number of hydrogen-bond acceptors (Lipinski definition) is 7. The molecule has 140 valence electrons. The van der Waals surface area contributed by atoms with E-state index in [1.54, 1.807) is 39.2 Å². The van der Waals surface area contributed by atoms with Crippen LogP contribution in [0.4, 0.5) is 10.5 Å². The van der Waals surface area contributed by atoms with Crippen molar-refractivity contribution >= 4 is 30.4 Å². The number of ether oxygens (including phenoxy) is 1. The van der Waals surface area contributed by atoms with Crippen LogP contribution in [0.3, 0.4) is 0 Å². The zero-order chi connectivity index (χ0) is 18.9. The number of carbonyl (C=O) groups is 1. The zero-order valence-corrected chi connectivity index (χ0v) is 15.7. The van der Waals surface area contributed by atoms with Crippen LogP contribution in [-0.2, 0) is 4.74 Å². The second-order valence-corrected chi connectivity index (χ2v) is 7.45. The third-order valence-electron chi connectivity index (χ3n) is 4.31. The Labute approximate surface area is 153 Å². The van der Waals surface area contributed by atoms with Gasteiger partial charge >= 0.3 is 13.8 Å². The van der Waals surface area contributed by atoms with Crippen molar-refractivity contribution in [1.82, 2.24) is 14.5 Å². The van der Waals surface area contributed by atoms with E-state index in [4.69, 9.17) is 9.39 Å². The maximum absolute atomic E-state index is 12.7. The molecule has 0 spiro atoms. The van der Waals surface area contributed by atoms with Gasteiger partial charge in [0.1, 0.15) is 5.60 Å². The Balaban J connectivity index is 2.05. The van der Waals surface area contributed by atoms with Gasteiger partial charge < -0.3 is 24.2 Å².